The quantitative estimate of drug-likeness (QED) is 0.362. The van der Waals surface area contributed by atoms with E-state index in [9.17, 15) is 0 Å². The van der Waals surface area contributed by atoms with Gasteiger partial charge >= 0.3 is 0 Å². The van der Waals surface area contributed by atoms with Crippen molar-refractivity contribution >= 4 is 29.9 Å². The van der Waals surface area contributed by atoms with Gasteiger partial charge in [0, 0.05) is 26.7 Å². The Morgan fingerprint density at radius 1 is 1.27 bits per heavy atom. The van der Waals surface area contributed by atoms with Gasteiger partial charge < -0.3 is 15.4 Å². The fraction of sp³-hybridized carbons (Fsp3) is 0.650. The van der Waals surface area contributed by atoms with E-state index in [0.717, 1.165) is 31.5 Å². The molecule has 0 radical (unpaired) electrons. The zero-order valence-corrected chi connectivity index (χ0v) is 18.9. The Bertz CT molecular complexity index is 518. The van der Waals surface area contributed by atoms with E-state index in [1.54, 1.807) is 7.11 Å². The smallest absolute Gasteiger partial charge is 0.191 e. The molecule has 148 valence electrons. The van der Waals surface area contributed by atoms with Crippen molar-refractivity contribution < 1.29 is 4.74 Å². The molecular weight excluding hydrogens is 439 g/mol. The van der Waals surface area contributed by atoms with Gasteiger partial charge in [0.15, 0.2) is 5.96 Å². The molecule has 6 heteroatoms. The molecule has 1 heterocycles. The van der Waals surface area contributed by atoms with E-state index in [4.69, 9.17) is 4.74 Å². The van der Waals surface area contributed by atoms with Crippen molar-refractivity contribution in [1.82, 2.24) is 15.5 Å². The van der Waals surface area contributed by atoms with Crippen LogP contribution in [0.2, 0.25) is 0 Å². The maximum Gasteiger partial charge on any atom is 0.191 e. The molecular formula is C20H35IN4O. The van der Waals surface area contributed by atoms with Crippen molar-refractivity contribution in [3.05, 3.63) is 35.9 Å². The van der Waals surface area contributed by atoms with Crippen molar-refractivity contribution in [2.75, 3.05) is 40.4 Å². The first-order valence-electron chi connectivity index (χ1n) is 9.39. The molecule has 2 N–H and O–H groups in total. The van der Waals surface area contributed by atoms with Crippen molar-refractivity contribution in [3.63, 3.8) is 0 Å². The lowest BCUT2D eigenvalue weighted by molar-refractivity contribution is 0.138. The molecule has 0 amide bonds. The van der Waals surface area contributed by atoms with E-state index in [1.807, 2.05) is 7.05 Å². The number of halogens is 1. The average Bonchev–Trinajstić information content (AvgIpc) is 2.63. The number of nitrogens with one attached hydrogen (secondary N) is 2. The Balaban J connectivity index is 0.00000338. The molecule has 0 aliphatic carbocycles. The first-order valence-corrected chi connectivity index (χ1v) is 9.39. The number of nitrogens with zero attached hydrogens (tertiary/aromatic N) is 2. The monoisotopic (exact) mass is 474 g/mol. The molecule has 1 aromatic carbocycles. The summed E-state index contributed by atoms with van der Waals surface area (Å²) in [6.07, 6.45) is 2.56. The Morgan fingerprint density at radius 2 is 1.92 bits per heavy atom. The second-order valence-electron chi connectivity index (χ2n) is 7.10. The molecule has 5 nitrogen and oxygen atoms in total. The van der Waals surface area contributed by atoms with Crippen LogP contribution in [0.3, 0.4) is 0 Å². The predicted octanol–water partition coefficient (Wildman–Crippen LogP) is 3.28. The summed E-state index contributed by atoms with van der Waals surface area (Å²) >= 11 is 0. The van der Waals surface area contributed by atoms with Crippen LogP contribution in [0.25, 0.3) is 0 Å². The zero-order valence-electron chi connectivity index (χ0n) is 16.6. The third kappa shape index (κ3) is 7.40. The van der Waals surface area contributed by atoms with Gasteiger partial charge in [-0.15, -0.1) is 24.0 Å². The van der Waals surface area contributed by atoms with Crippen LogP contribution in [0.1, 0.15) is 38.3 Å². The van der Waals surface area contributed by atoms with E-state index in [1.165, 1.54) is 18.4 Å². The fourth-order valence-electron chi connectivity index (χ4n) is 3.39. The number of hydrogen-bond acceptors (Lipinski definition) is 3. The van der Waals surface area contributed by atoms with Gasteiger partial charge in [-0.3, -0.25) is 9.89 Å². The third-order valence-corrected chi connectivity index (χ3v) is 4.93. The molecule has 1 aliphatic rings. The summed E-state index contributed by atoms with van der Waals surface area (Å²) in [5.41, 5.74) is 1.37. The molecule has 0 saturated carbocycles. The fourth-order valence-corrected chi connectivity index (χ4v) is 3.39. The van der Waals surface area contributed by atoms with Crippen LogP contribution in [0.15, 0.2) is 35.3 Å². The molecule has 2 rings (SSSR count). The van der Waals surface area contributed by atoms with Crippen LogP contribution >= 0.6 is 24.0 Å². The Hall–Kier alpha value is -0.860. The van der Waals surface area contributed by atoms with E-state index in [-0.39, 0.29) is 30.0 Å². The summed E-state index contributed by atoms with van der Waals surface area (Å²) in [7, 11) is 3.53. The lowest BCUT2D eigenvalue weighted by Gasteiger charge is -2.37. The molecule has 2 atom stereocenters. The Morgan fingerprint density at radius 3 is 2.50 bits per heavy atom. The second-order valence-corrected chi connectivity index (χ2v) is 7.10. The van der Waals surface area contributed by atoms with E-state index in [0.29, 0.717) is 12.6 Å². The highest BCUT2D eigenvalue weighted by Gasteiger charge is 2.24. The highest BCUT2D eigenvalue weighted by molar-refractivity contribution is 14.0. The topological polar surface area (TPSA) is 48.9 Å². The number of ether oxygens (including phenoxy) is 1. The zero-order chi connectivity index (χ0) is 18.1. The van der Waals surface area contributed by atoms with Crippen LogP contribution < -0.4 is 10.6 Å². The number of benzene rings is 1. The summed E-state index contributed by atoms with van der Waals surface area (Å²) in [5, 5.41) is 6.89. The normalized spacial score (nSPS) is 18.7. The largest absolute Gasteiger partial charge is 0.383 e. The van der Waals surface area contributed by atoms with Crippen LogP contribution in [-0.4, -0.2) is 57.3 Å². The van der Waals surface area contributed by atoms with Crippen LogP contribution in [-0.2, 0) is 4.74 Å². The van der Waals surface area contributed by atoms with Crippen molar-refractivity contribution in [2.45, 2.75) is 38.8 Å². The number of piperidine rings is 1. The first kappa shape index (κ1) is 23.2. The maximum absolute atomic E-state index is 5.20. The number of hydrogen-bond donors (Lipinski definition) is 2. The highest BCUT2D eigenvalue weighted by atomic mass is 127. The summed E-state index contributed by atoms with van der Waals surface area (Å²) in [6, 6.07) is 11.4. The molecule has 0 aromatic heterocycles. The first-order chi connectivity index (χ1) is 12.1. The molecule has 1 saturated heterocycles. The van der Waals surface area contributed by atoms with E-state index >= 15 is 0 Å². The van der Waals surface area contributed by atoms with Crippen molar-refractivity contribution in [1.29, 1.82) is 0 Å². The van der Waals surface area contributed by atoms with Gasteiger partial charge in [-0.05, 0) is 44.3 Å². The number of rotatable bonds is 7. The van der Waals surface area contributed by atoms with E-state index < -0.39 is 0 Å². The predicted molar refractivity (Wildman–Crippen MR) is 120 cm³/mol. The molecule has 1 aliphatic heterocycles. The van der Waals surface area contributed by atoms with Gasteiger partial charge in [0.2, 0.25) is 0 Å². The lowest BCUT2D eigenvalue weighted by atomic mass is 9.95. The number of guanidine groups is 1. The van der Waals surface area contributed by atoms with Crippen LogP contribution in [0.5, 0.6) is 0 Å². The molecule has 2 unspecified atom stereocenters. The average molecular weight is 474 g/mol. The standard InChI is InChI=1S/C20H34N4O.HI/c1-16-10-12-24(13-11-16)19(18-8-6-5-7-9-18)14-22-20(21-3)23-17(2)15-25-4;/h5-9,16-17,19H,10-15H2,1-4H3,(H2,21,22,23);1H. The van der Waals surface area contributed by atoms with Gasteiger partial charge in [-0.25, -0.2) is 0 Å². The minimum atomic E-state index is 0. The van der Waals surface area contributed by atoms with Crippen molar-refractivity contribution in [2.24, 2.45) is 10.9 Å². The molecule has 0 bridgehead atoms. The minimum Gasteiger partial charge on any atom is -0.383 e. The summed E-state index contributed by atoms with van der Waals surface area (Å²) in [5.74, 6) is 1.67. The summed E-state index contributed by atoms with van der Waals surface area (Å²) < 4.78 is 5.20. The van der Waals surface area contributed by atoms with Gasteiger partial charge in [0.25, 0.3) is 0 Å². The van der Waals surface area contributed by atoms with Gasteiger partial charge in [-0.2, -0.15) is 0 Å². The number of likely N-dealkylation sites (tertiary alicyclic amines) is 1. The van der Waals surface area contributed by atoms with E-state index in [2.05, 4.69) is 64.7 Å². The number of aliphatic imine (C=N–C) groups is 1. The van der Waals surface area contributed by atoms with Gasteiger partial charge in [-0.1, -0.05) is 37.3 Å². The summed E-state index contributed by atoms with van der Waals surface area (Å²) in [4.78, 5) is 6.96. The SMILES string of the molecule is CN=C(NCC(c1ccccc1)N1CCC(C)CC1)NC(C)COC.I. The highest BCUT2D eigenvalue weighted by Crippen LogP contribution is 2.26. The number of methoxy groups -OCH3 is 1. The lowest BCUT2D eigenvalue weighted by Crippen LogP contribution is -2.48. The van der Waals surface area contributed by atoms with Crippen molar-refractivity contribution in [3.8, 4) is 0 Å². The molecule has 26 heavy (non-hydrogen) atoms. The van der Waals surface area contributed by atoms with Gasteiger partial charge in [0.1, 0.15) is 0 Å². The van der Waals surface area contributed by atoms with Gasteiger partial charge in [0.05, 0.1) is 12.6 Å². The summed E-state index contributed by atoms with van der Waals surface area (Å²) in [6.45, 7) is 8.28. The minimum absolute atomic E-state index is 0. The molecule has 0 spiro atoms. The second kappa shape index (κ2) is 12.5. The molecule has 1 aromatic rings. The Labute approximate surface area is 176 Å². The third-order valence-electron chi connectivity index (χ3n) is 4.93. The Kier molecular flexibility index (Phi) is 11.2. The van der Waals surface area contributed by atoms with Crippen LogP contribution in [0, 0.1) is 5.92 Å². The maximum atomic E-state index is 5.20. The van der Waals surface area contributed by atoms with Crippen LogP contribution in [0.4, 0.5) is 0 Å². The molecule has 1 fully saturated rings.